The van der Waals surface area contributed by atoms with Crippen molar-refractivity contribution in [3.05, 3.63) is 12.7 Å². The molecule has 0 bridgehead atoms. The van der Waals surface area contributed by atoms with Gasteiger partial charge in [0.15, 0.2) is 0 Å². The third-order valence-corrected chi connectivity index (χ3v) is 1.53. The molecule has 5 nitrogen and oxygen atoms in total. The van der Waals surface area contributed by atoms with Crippen molar-refractivity contribution in [1.29, 1.82) is 0 Å². The first kappa shape index (κ1) is 12.6. The molecule has 14 heavy (non-hydrogen) atoms. The number of esters is 2. The highest BCUT2D eigenvalue weighted by Crippen LogP contribution is 1.98. The summed E-state index contributed by atoms with van der Waals surface area (Å²) in [7, 11) is 1.25. The van der Waals surface area contributed by atoms with Crippen LogP contribution in [-0.4, -0.2) is 31.7 Å². The van der Waals surface area contributed by atoms with Gasteiger partial charge >= 0.3 is 11.9 Å². The van der Waals surface area contributed by atoms with E-state index >= 15 is 0 Å². The van der Waals surface area contributed by atoms with Gasteiger partial charge in [-0.2, -0.15) is 0 Å². The van der Waals surface area contributed by atoms with E-state index in [2.05, 4.69) is 11.3 Å². The summed E-state index contributed by atoms with van der Waals surface area (Å²) in [6.07, 6.45) is 1.80. The number of carbonyl (C=O) groups is 2. The van der Waals surface area contributed by atoms with E-state index in [1.165, 1.54) is 13.2 Å². The first-order chi connectivity index (χ1) is 6.61. The standard InChI is InChI=1S/C9H15NO4/c1-3-6-14-8(11)5-4-7(10)9(12)13-2/h3,7H,1,4-6,10H2,2H3/t7-/m0/s1. The van der Waals surface area contributed by atoms with Crippen LogP contribution < -0.4 is 5.73 Å². The zero-order chi connectivity index (χ0) is 11.0. The molecule has 0 amide bonds. The normalized spacial score (nSPS) is 11.6. The van der Waals surface area contributed by atoms with Crippen molar-refractivity contribution >= 4 is 11.9 Å². The summed E-state index contributed by atoms with van der Waals surface area (Å²) < 4.78 is 9.08. The maximum Gasteiger partial charge on any atom is 0.322 e. The summed E-state index contributed by atoms with van der Waals surface area (Å²) in [5.74, 6) is -0.925. The zero-order valence-corrected chi connectivity index (χ0v) is 8.19. The number of ether oxygens (including phenoxy) is 2. The highest BCUT2D eigenvalue weighted by molar-refractivity contribution is 5.76. The van der Waals surface area contributed by atoms with Gasteiger partial charge in [0.25, 0.3) is 0 Å². The molecule has 0 radical (unpaired) electrons. The smallest absolute Gasteiger partial charge is 0.322 e. The maximum atomic E-state index is 10.9. The fourth-order valence-corrected chi connectivity index (χ4v) is 0.767. The lowest BCUT2D eigenvalue weighted by Gasteiger charge is -2.07. The van der Waals surface area contributed by atoms with Gasteiger partial charge in [-0.25, -0.2) is 0 Å². The third kappa shape index (κ3) is 5.31. The molecule has 0 aromatic heterocycles. The molecule has 5 heteroatoms. The van der Waals surface area contributed by atoms with Crippen molar-refractivity contribution < 1.29 is 19.1 Å². The minimum atomic E-state index is -0.767. The fourth-order valence-electron chi connectivity index (χ4n) is 0.767. The third-order valence-electron chi connectivity index (χ3n) is 1.53. The molecule has 0 aliphatic rings. The summed E-state index contributed by atoms with van der Waals surface area (Å²) in [4.78, 5) is 21.8. The van der Waals surface area contributed by atoms with Gasteiger partial charge in [0, 0.05) is 6.42 Å². The van der Waals surface area contributed by atoms with Crippen LogP contribution in [0.4, 0.5) is 0 Å². The van der Waals surface area contributed by atoms with E-state index in [0.717, 1.165) is 0 Å². The van der Waals surface area contributed by atoms with Crippen LogP contribution in [0.15, 0.2) is 12.7 Å². The summed E-state index contributed by atoms with van der Waals surface area (Å²) in [5.41, 5.74) is 5.40. The van der Waals surface area contributed by atoms with Crippen LogP contribution in [0.5, 0.6) is 0 Å². The fraction of sp³-hybridized carbons (Fsp3) is 0.556. The zero-order valence-electron chi connectivity index (χ0n) is 8.19. The Morgan fingerprint density at radius 2 is 2.21 bits per heavy atom. The molecular weight excluding hydrogens is 186 g/mol. The molecule has 0 aromatic carbocycles. The molecule has 0 rings (SSSR count). The Labute approximate surface area is 82.9 Å². The second-order valence-corrected chi connectivity index (χ2v) is 2.64. The largest absolute Gasteiger partial charge is 0.468 e. The van der Waals surface area contributed by atoms with Crippen LogP contribution in [0.3, 0.4) is 0 Å². The van der Waals surface area contributed by atoms with Crippen LogP contribution >= 0.6 is 0 Å². The summed E-state index contributed by atoms with van der Waals surface area (Å²) in [6.45, 7) is 3.57. The molecule has 0 aliphatic heterocycles. The van der Waals surface area contributed by atoms with E-state index in [1.54, 1.807) is 0 Å². The quantitative estimate of drug-likeness (QED) is 0.483. The molecule has 1 atom stereocenters. The second-order valence-electron chi connectivity index (χ2n) is 2.64. The topological polar surface area (TPSA) is 78.6 Å². The lowest BCUT2D eigenvalue weighted by Crippen LogP contribution is -2.32. The van der Waals surface area contributed by atoms with E-state index in [4.69, 9.17) is 10.5 Å². The lowest BCUT2D eigenvalue weighted by molar-refractivity contribution is -0.144. The van der Waals surface area contributed by atoms with Crippen molar-refractivity contribution in [2.24, 2.45) is 5.73 Å². The Balaban J connectivity index is 3.65. The molecule has 80 valence electrons. The van der Waals surface area contributed by atoms with Gasteiger partial charge < -0.3 is 15.2 Å². The minimum Gasteiger partial charge on any atom is -0.468 e. The van der Waals surface area contributed by atoms with Gasteiger partial charge in [-0.1, -0.05) is 12.7 Å². The number of hydrogen-bond donors (Lipinski definition) is 1. The molecule has 0 heterocycles. The summed E-state index contributed by atoms with van der Waals surface area (Å²) in [5, 5.41) is 0. The van der Waals surface area contributed by atoms with Gasteiger partial charge in [-0.3, -0.25) is 9.59 Å². The summed E-state index contributed by atoms with van der Waals surface area (Å²) >= 11 is 0. The van der Waals surface area contributed by atoms with Crippen molar-refractivity contribution in [1.82, 2.24) is 0 Å². The average molecular weight is 201 g/mol. The van der Waals surface area contributed by atoms with Crippen molar-refractivity contribution in [3.8, 4) is 0 Å². The number of carbonyl (C=O) groups excluding carboxylic acids is 2. The highest BCUT2D eigenvalue weighted by Gasteiger charge is 2.15. The van der Waals surface area contributed by atoms with E-state index in [0.29, 0.717) is 0 Å². The van der Waals surface area contributed by atoms with Crippen LogP contribution in [0.2, 0.25) is 0 Å². The van der Waals surface area contributed by atoms with Crippen LogP contribution in [-0.2, 0) is 19.1 Å². The predicted octanol–water partition coefficient (Wildman–Crippen LogP) is -0.00390. The van der Waals surface area contributed by atoms with E-state index in [9.17, 15) is 9.59 Å². The van der Waals surface area contributed by atoms with Crippen LogP contribution in [0.25, 0.3) is 0 Å². The minimum absolute atomic E-state index is 0.101. The number of rotatable bonds is 6. The van der Waals surface area contributed by atoms with E-state index in [-0.39, 0.29) is 19.4 Å². The van der Waals surface area contributed by atoms with Crippen molar-refractivity contribution in [3.63, 3.8) is 0 Å². The SMILES string of the molecule is C=CCOC(=O)CC[C@H](N)C(=O)OC. The Morgan fingerprint density at radius 3 is 2.71 bits per heavy atom. The molecule has 0 saturated heterocycles. The monoisotopic (exact) mass is 201 g/mol. The van der Waals surface area contributed by atoms with Gasteiger partial charge in [0.1, 0.15) is 12.6 Å². The van der Waals surface area contributed by atoms with Crippen LogP contribution in [0, 0.1) is 0 Å². The Hall–Kier alpha value is -1.36. The van der Waals surface area contributed by atoms with Gasteiger partial charge in [-0.15, -0.1) is 0 Å². The first-order valence-electron chi connectivity index (χ1n) is 4.21. The maximum absolute atomic E-state index is 10.9. The predicted molar refractivity (Wildman–Crippen MR) is 50.4 cm³/mol. The second kappa shape index (κ2) is 7.08. The van der Waals surface area contributed by atoms with Crippen molar-refractivity contribution in [2.75, 3.05) is 13.7 Å². The Bertz CT molecular complexity index is 215. The lowest BCUT2D eigenvalue weighted by atomic mass is 10.2. The molecule has 2 N–H and O–H groups in total. The number of hydrogen-bond acceptors (Lipinski definition) is 5. The van der Waals surface area contributed by atoms with Crippen molar-refractivity contribution in [2.45, 2.75) is 18.9 Å². The number of nitrogens with two attached hydrogens (primary N) is 1. The average Bonchev–Trinajstić information content (AvgIpc) is 2.21. The molecular formula is C9H15NO4. The molecule has 0 aromatic rings. The number of methoxy groups -OCH3 is 1. The van der Waals surface area contributed by atoms with Crippen LogP contribution in [0.1, 0.15) is 12.8 Å². The Kier molecular flexibility index (Phi) is 6.39. The highest BCUT2D eigenvalue weighted by atomic mass is 16.5. The first-order valence-corrected chi connectivity index (χ1v) is 4.21. The van der Waals surface area contributed by atoms with Gasteiger partial charge in [0.2, 0.25) is 0 Å². The van der Waals surface area contributed by atoms with Gasteiger partial charge in [0.05, 0.1) is 7.11 Å². The molecule has 0 unspecified atom stereocenters. The molecule has 0 spiro atoms. The molecule has 0 saturated carbocycles. The van der Waals surface area contributed by atoms with E-state index < -0.39 is 18.0 Å². The van der Waals surface area contributed by atoms with E-state index in [1.807, 2.05) is 0 Å². The molecule has 0 aliphatic carbocycles. The Morgan fingerprint density at radius 1 is 1.57 bits per heavy atom. The summed E-state index contributed by atoms with van der Waals surface area (Å²) in [6, 6.07) is -0.767. The van der Waals surface area contributed by atoms with Gasteiger partial charge in [-0.05, 0) is 6.42 Å². The molecule has 0 fully saturated rings.